The van der Waals surface area contributed by atoms with Crippen molar-refractivity contribution in [2.24, 2.45) is 9.98 Å². The molecule has 0 radical (unpaired) electrons. The molecule has 0 aliphatic carbocycles. The molecule has 3 aromatic heterocycles. The van der Waals surface area contributed by atoms with Crippen molar-refractivity contribution in [3.63, 3.8) is 0 Å². The Balaban J connectivity index is 0.000000175. The molecule has 5 rings (SSSR count). The molecule has 2 unspecified atom stereocenters. The van der Waals surface area contributed by atoms with Crippen LogP contribution in [0.3, 0.4) is 0 Å². The van der Waals surface area contributed by atoms with Crippen molar-refractivity contribution in [3.05, 3.63) is 72.5 Å². The molecule has 36 heavy (non-hydrogen) atoms. The highest BCUT2D eigenvalue weighted by Crippen LogP contribution is 2.37. The number of rotatable bonds is 13. The molecule has 0 saturated heterocycles. The third-order valence-electron chi connectivity index (χ3n) is 6.58. The Labute approximate surface area is 214 Å². The van der Waals surface area contributed by atoms with Crippen LogP contribution in [0.5, 0.6) is 0 Å². The summed E-state index contributed by atoms with van der Waals surface area (Å²) in [5.41, 5.74) is 0. The van der Waals surface area contributed by atoms with E-state index in [1.165, 1.54) is 70.0 Å². The molecule has 194 valence electrons. The monoisotopic (exact) mass is 492 g/mol. The second-order valence-corrected chi connectivity index (χ2v) is 9.39. The van der Waals surface area contributed by atoms with E-state index in [4.69, 9.17) is 13.3 Å². The maximum Gasteiger partial charge on any atom is 0.168 e. The lowest BCUT2D eigenvalue weighted by Gasteiger charge is -2.14. The van der Waals surface area contributed by atoms with Crippen LogP contribution in [0.15, 0.2) is 78.4 Å². The van der Waals surface area contributed by atoms with Crippen molar-refractivity contribution in [1.82, 2.24) is 10.6 Å². The average molecular weight is 493 g/mol. The Morgan fingerprint density at radius 1 is 0.806 bits per heavy atom. The number of unbranched alkanes of at least 4 members (excludes halogenated alkanes) is 8. The summed E-state index contributed by atoms with van der Waals surface area (Å²) in [4.78, 5) is 9.08. The number of nitrogens with one attached hydrogen (secondary N) is 2. The van der Waals surface area contributed by atoms with Crippen LogP contribution in [-0.2, 0) is 0 Å². The molecule has 5 heterocycles. The zero-order valence-corrected chi connectivity index (χ0v) is 21.5. The minimum atomic E-state index is -0.170. The molecule has 0 saturated carbocycles. The van der Waals surface area contributed by atoms with Gasteiger partial charge in [0.2, 0.25) is 0 Å². The van der Waals surface area contributed by atoms with E-state index in [0.717, 1.165) is 24.6 Å². The summed E-state index contributed by atoms with van der Waals surface area (Å²) in [6.45, 7) is 4.33. The molecule has 2 aliphatic heterocycles. The van der Waals surface area contributed by atoms with Crippen molar-refractivity contribution in [2.45, 2.75) is 83.2 Å². The van der Waals surface area contributed by atoms with Gasteiger partial charge in [0.1, 0.15) is 23.6 Å². The van der Waals surface area contributed by atoms with E-state index in [2.05, 4.69) is 27.5 Å². The van der Waals surface area contributed by atoms with Gasteiger partial charge in [-0.1, -0.05) is 58.3 Å². The number of hydrogen-bond acceptors (Lipinski definition) is 7. The van der Waals surface area contributed by atoms with Crippen LogP contribution in [0.2, 0.25) is 0 Å². The second-order valence-electron chi connectivity index (χ2n) is 9.39. The first-order chi connectivity index (χ1) is 17.8. The summed E-state index contributed by atoms with van der Waals surface area (Å²) in [5.74, 6) is 4.27. The molecule has 0 amide bonds. The Hall–Kier alpha value is -3.22. The first kappa shape index (κ1) is 25.9. The quantitative estimate of drug-likeness (QED) is 0.246. The van der Waals surface area contributed by atoms with Crippen molar-refractivity contribution in [1.29, 1.82) is 0 Å². The molecule has 0 aromatic carbocycles. The molecule has 0 fully saturated rings. The van der Waals surface area contributed by atoms with Gasteiger partial charge in [-0.15, -0.1) is 0 Å². The van der Waals surface area contributed by atoms with Gasteiger partial charge in [0, 0.05) is 13.0 Å². The summed E-state index contributed by atoms with van der Waals surface area (Å²) >= 11 is 0. The summed E-state index contributed by atoms with van der Waals surface area (Å²) in [6, 6.07) is 11.0. The molecule has 2 atom stereocenters. The number of aliphatic imine (C=N–C) groups is 2. The first-order valence-corrected chi connectivity index (χ1v) is 13.6. The predicted molar refractivity (Wildman–Crippen MR) is 143 cm³/mol. The fourth-order valence-corrected chi connectivity index (χ4v) is 4.63. The molecule has 2 aliphatic rings. The number of hydrogen-bond donors (Lipinski definition) is 2. The third kappa shape index (κ3) is 7.64. The zero-order chi connectivity index (χ0) is 24.8. The standard InChI is InChI=1S/C15H12N2O3.C14H28N2/c1-4-10(18-7-1)13-14(11-5-2-8-19-11)17-15(16-13)12-6-3-9-20-12;1-2-3-4-5-6-7-8-9-10-11-14-15-12-13-16-14/h1-9,13-14H,(H,16,17);2-13H2,1H3,(H,15,16). The molecule has 7 nitrogen and oxygen atoms in total. The highest BCUT2D eigenvalue weighted by atomic mass is 16.3. The molecule has 0 spiro atoms. The van der Waals surface area contributed by atoms with Crippen LogP contribution in [0.4, 0.5) is 0 Å². The molecular weight excluding hydrogens is 452 g/mol. The van der Waals surface area contributed by atoms with E-state index < -0.39 is 0 Å². The van der Waals surface area contributed by atoms with Crippen molar-refractivity contribution < 1.29 is 13.3 Å². The number of nitrogens with zero attached hydrogens (tertiary/aromatic N) is 2. The van der Waals surface area contributed by atoms with E-state index in [1.807, 2.05) is 36.4 Å². The van der Waals surface area contributed by atoms with Crippen molar-refractivity contribution in [3.8, 4) is 0 Å². The van der Waals surface area contributed by atoms with Gasteiger partial charge in [-0.3, -0.25) is 9.98 Å². The minimum Gasteiger partial charge on any atom is -0.467 e. The summed E-state index contributed by atoms with van der Waals surface area (Å²) < 4.78 is 16.4. The fraction of sp³-hybridized carbons (Fsp3) is 0.517. The minimum absolute atomic E-state index is 0.101. The van der Waals surface area contributed by atoms with Crippen molar-refractivity contribution >= 4 is 11.7 Å². The summed E-state index contributed by atoms with van der Waals surface area (Å²) in [5, 5.41) is 6.67. The van der Waals surface area contributed by atoms with Gasteiger partial charge < -0.3 is 23.9 Å². The second kappa shape index (κ2) is 14.4. The lowest BCUT2D eigenvalue weighted by atomic mass is 10.1. The maximum atomic E-state index is 5.50. The van der Waals surface area contributed by atoms with E-state index in [0.29, 0.717) is 11.6 Å². The van der Waals surface area contributed by atoms with Crippen LogP contribution in [0, 0.1) is 0 Å². The van der Waals surface area contributed by atoms with Crippen LogP contribution in [0.25, 0.3) is 0 Å². The van der Waals surface area contributed by atoms with E-state index in [9.17, 15) is 0 Å². The topological polar surface area (TPSA) is 88.2 Å². The highest BCUT2D eigenvalue weighted by molar-refractivity contribution is 5.98. The molecule has 3 aromatic rings. The summed E-state index contributed by atoms with van der Waals surface area (Å²) in [6.07, 6.45) is 18.8. The molecular formula is C29H40N4O3. The van der Waals surface area contributed by atoms with Gasteiger partial charge >= 0.3 is 0 Å². The van der Waals surface area contributed by atoms with Gasteiger partial charge in [-0.05, 0) is 42.8 Å². The van der Waals surface area contributed by atoms with Crippen LogP contribution < -0.4 is 10.6 Å². The van der Waals surface area contributed by atoms with Gasteiger partial charge in [0.25, 0.3) is 0 Å². The van der Waals surface area contributed by atoms with E-state index in [1.54, 1.807) is 18.8 Å². The largest absolute Gasteiger partial charge is 0.467 e. The van der Waals surface area contributed by atoms with Gasteiger partial charge in [-0.2, -0.15) is 0 Å². The molecule has 0 bridgehead atoms. The lowest BCUT2D eigenvalue weighted by Crippen LogP contribution is -2.24. The van der Waals surface area contributed by atoms with Gasteiger partial charge in [0.15, 0.2) is 11.6 Å². The van der Waals surface area contributed by atoms with Crippen LogP contribution in [-0.4, -0.2) is 24.8 Å². The zero-order valence-electron chi connectivity index (χ0n) is 21.5. The number of furan rings is 3. The van der Waals surface area contributed by atoms with Crippen LogP contribution >= 0.6 is 0 Å². The highest BCUT2D eigenvalue weighted by Gasteiger charge is 2.36. The normalized spacial score (nSPS) is 18.7. The Kier molecular flexibility index (Phi) is 10.3. The summed E-state index contributed by atoms with van der Waals surface area (Å²) in [7, 11) is 0. The first-order valence-electron chi connectivity index (χ1n) is 13.6. The average Bonchev–Trinajstić information content (AvgIpc) is 3.72. The number of amidine groups is 2. The SMILES string of the molecule is CCCCCCCCCCCC1=NCCN1.c1coc(C2=NC(c3ccco3)C(c3ccco3)N2)c1. The van der Waals surface area contributed by atoms with Gasteiger partial charge in [-0.25, -0.2) is 0 Å². The fourth-order valence-electron chi connectivity index (χ4n) is 4.63. The third-order valence-corrected chi connectivity index (χ3v) is 6.58. The lowest BCUT2D eigenvalue weighted by molar-refractivity contribution is 0.381. The Morgan fingerprint density at radius 3 is 2.08 bits per heavy atom. The maximum absolute atomic E-state index is 5.50. The van der Waals surface area contributed by atoms with E-state index in [-0.39, 0.29) is 12.1 Å². The van der Waals surface area contributed by atoms with E-state index >= 15 is 0 Å². The predicted octanol–water partition coefficient (Wildman–Crippen LogP) is 7.21. The van der Waals surface area contributed by atoms with Crippen molar-refractivity contribution in [2.75, 3.05) is 13.1 Å². The Bertz CT molecular complexity index is 1020. The molecule has 2 N–H and O–H groups in total. The molecule has 7 heteroatoms. The van der Waals surface area contributed by atoms with Gasteiger partial charge in [0.05, 0.1) is 31.2 Å². The smallest absolute Gasteiger partial charge is 0.168 e. The Morgan fingerprint density at radius 2 is 1.47 bits per heavy atom. The van der Waals surface area contributed by atoms with Crippen LogP contribution in [0.1, 0.15) is 100 Å².